The second-order valence-corrected chi connectivity index (χ2v) is 8.49. The van der Waals surface area contributed by atoms with Crippen molar-refractivity contribution in [3.63, 3.8) is 0 Å². The summed E-state index contributed by atoms with van der Waals surface area (Å²) in [5.41, 5.74) is 7.98. The number of ether oxygens (including phenoxy) is 2. The van der Waals surface area contributed by atoms with E-state index in [1.807, 2.05) is 29.2 Å². The SMILES string of the molecule is COc1ccc(C2CC(=O)N(CCc3cccc(C(N)=O)c3)C2)cc1OC1CCCC1. The molecule has 6 nitrogen and oxygen atoms in total. The number of rotatable bonds is 8. The van der Waals surface area contributed by atoms with Crippen LogP contribution in [0.25, 0.3) is 0 Å². The Kier molecular flexibility index (Phi) is 6.44. The average molecular weight is 423 g/mol. The minimum Gasteiger partial charge on any atom is -0.493 e. The number of primary amides is 1. The molecular weight excluding hydrogens is 392 g/mol. The number of hydrogen-bond donors (Lipinski definition) is 1. The molecule has 2 aromatic carbocycles. The summed E-state index contributed by atoms with van der Waals surface area (Å²) in [7, 11) is 1.66. The van der Waals surface area contributed by atoms with E-state index < -0.39 is 5.91 Å². The van der Waals surface area contributed by atoms with Gasteiger partial charge in [0, 0.05) is 31.0 Å². The van der Waals surface area contributed by atoms with Crippen molar-refractivity contribution in [2.75, 3.05) is 20.2 Å². The van der Waals surface area contributed by atoms with Gasteiger partial charge in [-0.3, -0.25) is 9.59 Å². The van der Waals surface area contributed by atoms with Gasteiger partial charge in [0.05, 0.1) is 13.2 Å². The number of methoxy groups -OCH3 is 1. The lowest BCUT2D eigenvalue weighted by molar-refractivity contribution is -0.127. The highest BCUT2D eigenvalue weighted by molar-refractivity contribution is 5.92. The van der Waals surface area contributed by atoms with Gasteiger partial charge in [-0.25, -0.2) is 0 Å². The predicted octanol–water partition coefficient (Wildman–Crippen LogP) is 3.67. The fourth-order valence-electron chi connectivity index (χ4n) is 4.58. The number of carbonyl (C=O) groups excluding carboxylic acids is 2. The van der Waals surface area contributed by atoms with Crippen molar-refractivity contribution in [3.05, 3.63) is 59.2 Å². The van der Waals surface area contributed by atoms with E-state index in [1.54, 1.807) is 19.2 Å². The van der Waals surface area contributed by atoms with Gasteiger partial charge in [-0.1, -0.05) is 18.2 Å². The molecule has 164 valence electrons. The van der Waals surface area contributed by atoms with E-state index in [2.05, 4.69) is 6.07 Å². The van der Waals surface area contributed by atoms with E-state index in [0.29, 0.717) is 31.5 Å². The first-order valence-corrected chi connectivity index (χ1v) is 11.0. The van der Waals surface area contributed by atoms with Gasteiger partial charge >= 0.3 is 0 Å². The quantitative estimate of drug-likeness (QED) is 0.704. The lowest BCUT2D eigenvalue weighted by Crippen LogP contribution is -2.27. The van der Waals surface area contributed by atoms with Gasteiger partial charge in [-0.15, -0.1) is 0 Å². The molecule has 6 heteroatoms. The molecule has 2 aliphatic rings. The Hall–Kier alpha value is -3.02. The maximum absolute atomic E-state index is 12.6. The second kappa shape index (κ2) is 9.41. The molecule has 1 saturated carbocycles. The fourth-order valence-corrected chi connectivity index (χ4v) is 4.58. The van der Waals surface area contributed by atoms with Crippen LogP contribution in [0.3, 0.4) is 0 Å². The van der Waals surface area contributed by atoms with Crippen molar-refractivity contribution >= 4 is 11.8 Å². The molecule has 1 saturated heterocycles. The number of nitrogens with two attached hydrogens (primary N) is 1. The molecule has 1 unspecified atom stereocenters. The molecule has 1 aliphatic carbocycles. The molecule has 2 fully saturated rings. The first kappa shape index (κ1) is 21.2. The number of carbonyl (C=O) groups is 2. The Morgan fingerprint density at radius 2 is 1.94 bits per heavy atom. The van der Waals surface area contributed by atoms with E-state index in [1.165, 1.54) is 12.8 Å². The van der Waals surface area contributed by atoms with E-state index >= 15 is 0 Å². The van der Waals surface area contributed by atoms with Crippen molar-refractivity contribution in [3.8, 4) is 11.5 Å². The van der Waals surface area contributed by atoms with Crippen molar-refractivity contribution in [2.24, 2.45) is 5.73 Å². The summed E-state index contributed by atoms with van der Waals surface area (Å²) in [6, 6.07) is 13.3. The highest BCUT2D eigenvalue weighted by Crippen LogP contribution is 2.37. The van der Waals surface area contributed by atoms with Gasteiger partial charge in [0.2, 0.25) is 11.8 Å². The molecule has 2 aromatic rings. The smallest absolute Gasteiger partial charge is 0.248 e. The molecule has 2 N–H and O–H groups in total. The third-order valence-corrected chi connectivity index (χ3v) is 6.35. The molecule has 2 amide bonds. The molecule has 0 aromatic heterocycles. The highest BCUT2D eigenvalue weighted by atomic mass is 16.5. The normalized spacial score (nSPS) is 19.1. The fraction of sp³-hybridized carbons (Fsp3) is 0.440. The van der Waals surface area contributed by atoms with Crippen LogP contribution in [-0.2, 0) is 11.2 Å². The van der Waals surface area contributed by atoms with Gasteiger partial charge < -0.3 is 20.1 Å². The number of amides is 2. The Morgan fingerprint density at radius 1 is 1.13 bits per heavy atom. The van der Waals surface area contributed by atoms with Gasteiger partial charge in [0.25, 0.3) is 0 Å². The van der Waals surface area contributed by atoms with Gasteiger partial charge in [0.1, 0.15) is 0 Å². The largest absolute Gasteiger partial charge is 0.493 e. The topological polar surface area (TPSA) is 81.9 Å². The van der Waals surface area contributed by atoms with Crippen LogP contribution in [0, 0.1) is 0 Å². The van der Waals surface area contributed by atoms with Crippen LogP contribution in [0.15, 0.2) is 42.5 Å². The molecule has 0 bridgehead atoms. The summed E-state index contributed by atoms with van der Waals surface area (Å²) in [5.74, 6) is 1.38. The van der Waals surface area contributed by atoms with Crippen LogP contribution >= 0.6 is 0 Å². The zero-order chi connectivity index (χ0) is 21.8. The van der Waals surface area contributed by atoms with E-state index in [-0.39, 0.29) is 17.9 Å². The Bertz CT molecular complexity index is 952. The van der Waals surface area contributed by atoms with Crippen LogP contribution < -0.4 is 15.2 Å². The van der Waals surface area contributed by atoms with Gasteiger partial charge in [-0.2, -0.15) is 0 Å². The number of hydrogen-bond acceptors (Lipinski definition) is 4. The third kappa shape index (κ3) is 5.01. The van der Waals surface area contributed by atoms with Gasteiger partial charge in [-0.05, 0) is 67.5 Å². The van der Waals surface area contributed by atoms with Crippen LogP contribution in [0.5, 0.6) is 11.5 Å². The predicted molar refractivity (Wildman–Crippen MR) is 118 cm³/mol. The zero-order valence-electron chi connectivity index (χ0n) is 18.0. The molecule has 0 radical (unpaired) electrons. The van der Waals surface area contributed by atoms with Gasteiger partial charge in [0.15, 0.2) is 11.5 Å². The van der Waals surface area contributed by atoms with E-state index in [9.17, 15) is 9.59 Å². The summed E-state index contributed by atoms with van der Waals surface area (Å²) in [4.78, 5) is 25.9. The molecular formula is C25H30N2O4. The van der Waals surface area contributed by atoms with Crippen LogP contribution in [0.2, 0.25) is 0 Å². The van der Waals surface area contributed by atoms with Crippen molar-refractivity contribution in [1.29, 1.82) is 0 Å². The third-order valence-electron chi connectivity index (χ3n) is 6.35. The highest BCUT2D eigenvalue weighted by Gasteiger charge is 2.31. The lowest BCUT2D eigenvalue weighted by atomic mass is 9.98. The lowest BCUT2D eigenvalue weighted by Gasteiger charge is -2.19. The summed E-state index contributed by atoms with van der Waals surface area (Å²) in [6.07, 6.45) is 6.03. The Balaban J connectivity index is 1.41. The standard InChI is InChI=1S/C25H30N2O4/c1-30-22-10-9-18(14-23(22)31-21-7-2-3-8-21)20-15-24(28)27(16-20)12-11-17-5-4-6-19(13-17)25(26)29/h4-6,9-10,13-14,20-21H,2-3,7-8,11-12,15-16H2,1H3,(H2,26,29). The Labute approximate surface area is 183 Å². The molecule has 0 spiro atoms. The maximum atomic E-state index is 12.6. The van der Waals surface area contributed by atoms with Crippen molar-refractivity contribution < 1.29 is 19.1 Å². The van der Waals surface area contributed by atoms with Crippen LogP contribution in [-0.4, -0.2) is 43.0 Å². The van der Waals surface area contributed by atoms with Crippen LogP contribution in [0.1, 0.15) is 59.5 Å². The monoisotopic (exact) mass is 422 g/mol. The van der Waals surface area contributed by atoms with E-state index in [4.69, 9.17) is 15.2 Å². The minimum atomic E-state index is -0.436. The van der Waals surface area contributed by atoms with Crippen molar-refractivity contribution in [1.82, 2.24) is 4.90 Å². The summed E-state index contributed by atoms with van der Waals surface area (Å²) in [6.45, 7) is 1.31. The summed E-state index contributed by atoms with van der Waals surface area (Å²) in [5, 5.41) is 0. The second-order valence-electron chi connectivity index (χ2n) is 8.49. The summed E-state index contributed by atoms with van der Waals surface area (Å²) >= 11 is 0. The molecule has 1 atom stereocenters. The minimum absolute atomic E-state index is 0.140. The molecule has 31 heavy (non-hydrogen) atoms. The first-order chi connectivity index (χ1) is 15.0. The molecule has 1 aliphatic heterocycles. The molecule has 4 rings (SSSR count). The number of likely N-dealkylation sites (tertiary alicyclic amines) is 1. The number of benzene rings is 2. The Morgan fingerprint density at radius 3 is 2.68 bits per heavy atom. The first-order valence-electron chi connectivity index (χ1n) is 11.0. The average Bonchev–Trinajstić information content (AvgIpc) is 3.42. The van der Waals surface area contributed by atoms with Crippen molar-refractivity contribution in [2.45, 2.75) is 50.5 Å². The maximum Gasteiger partial charge on any atom is 0.248 e. The summed E-state index contributed by atoms with van der Waals surface area (Å²) < 4.78 is 11.7. The van der Waals surface area contributed by atoms with Crippen LogP contribution in [0.4, 0.5) is 0 Å². The van der Waals surface area contributed by atoms with E-state index in [0.717, 1.165) is 35.5 Å². The number of nitrogens with zero attached hydrogens (tertiary/aromatic N) is 1. The zero-order valence-corrected chi connectivity index (χ0v) is 18.0. The molecule has 1 heterocycles.